The van der Waals surface area contributed by atoms with Crippen molar-refractivity contribution in [3.05, 3.63) is 12.2 Å². The fraction of sp³-hybridized carbons (Fsp3) is 0.909. The standard InChI is InChI=1S/C44H80O15/c1-3-5-7-9-11-13-15-16-17-19-20-22-24-26-35(46)54-29-32(57-36(47)27-25-23-21-18-14-12-10-8-6-4-2)30-55-43-42(53)40(51)38(49)34(59-43)31-56-44-41(52)39(50)37(48)33(28-45)58-44/h16-17,32-34,37-45,48-53H,3-15,18-31H2,1-2H3/b17-16+/t32-,33-,34-,37+,38+,39?,40?,41?,42?,43-,44-/m1/s1. The maximum atomic E-state index is 12.9. The molecule has 59 heavy (non-hydrogen) atoms. The molecular formula is C44H80O15. The van der Waals surface area contributed by atoms with E-state index in [1.807, 2.05) is 0 Å². The summed E-state index contributed by atoms with van der Waals surface area (Å²) in [5.41, 5.74) is 0. The van der Waals surface area contributed by atoms with Gasteiger partial charge < -0.3 is 64.2 Å². The van der Waals surface area contributed by atoms with Gasteiger partial charge >= 0.3 is 11.9 Å². The van der Waals surface area contributed by atoms with E-state index in [0.29, 0.717) is 12.8 Å². The number of carbonyl (C=O) groups is 2. The molecule has 0 bridgehead atoms. The van der Waals surface area contributed by atoms with Crippen LogP contribution in [0.2, 0.25) is 0 Å². The Morgan fingerprint density at radius 1 is 0.525 bits per heavy atom. The molecule has 15 nitrogen and oxygen atoms in total. The van der Waals surface area contributed by atoms with Crippen molar-refractivity contribution in [3.63, 3.8) is 0 Å². The fourth-order valence-corrected chi connectivity index (χ4v) is 7.15. The molecule has 11 atom stereocenters. The molecule has 15 heteroatoms. The minimum atomic E-state index is -1.76. The van der Waals surface area contributed by atoms with E-state index < -0.39 is 92.7 Å². The summed E-state index contributed by atoms with van der Waals surface area (Å²) in [6, 6.07) is 0. The van der Waals surface area contributed by atoms with Gasteiger partial charge in [-0.15, -0.1) is 0 Å². The van der Waals surface area contributed by atoms with Crippen molar-refractivity contribution in [3.8, 4) is 0 Å². The first-order chi connectivity index (χ1) is 28.5. The highest BCUT2D eigenvalue weighted by molar-refractivity contribution is 5.70. The Labute approximate surface area is 352 Å². The Hall–Kier alpha value is -1.76. The van der Waals surface area contributed by atoms with Gasteiger partial charge in [-0.3, -0.25) is 9.59 Å². The average molecular weight is 849 g/mol. The summed E-state index contributed by atoms with van der Waals surface area (Å²) in [4.78, 5) is 25.5. The van der Waals surface area contributed by atoms with Gasteiger partial charge in [0.25, 0.3) is 0 Å². The molecule has 0 amide bonds. The second-order valence-electron chi connectivity index (χ2n) is 16.2. The summed E-state index contributed by atoms with van der Waals surface area (Å²) in [5.74, 6) is -0.942. The van der Waals surface area contributed by atoms with E-state index in [1.54, 1.807) is 0 Å². The maximum Gasteiger partial charge on any atom is 0.306 e. The van der Waals surface area contributed by atoms with Gasteiger partial charge in [0.15, 0.2) is 18.7 Å². The van der Waals surface area contributed by atoms with Crippen LogP contribution in [0.5, 0.6) is 0 Å². The lowest BCUT2D eigenvalue weighted by Crippen LogP contribution is -2.61. The lowest BCUT2D eigenvalue weighted by molar-refractivity contribution is -0.332. The average Bonchev–Trinajstić information content (AvgIpc) is 3.23. The number of rotatable bonds is 34. The molecule has 0 radical (unpaired) electrons. The molecule has 2 fully saturated rings. The summed E-state index contributed by atoms with van der Waals surface area (Å²) in [6.07, 6.45) is 11.2. The highest BCUT2D eigenvalue weighted by Crippen LogP contribution is 2.26. The lowest BCUT2D eigenvalue weighted by atomic mass is 9.98. The smallest absolute Gasteiger partial charge is 0.306 e. The SMILES string of the molecule is CCCCCCCC/C=C/CCCCCC(=O)OC[C@H](CO[C@@H]1O[C@H](CO[C@@H]2O[C@H](CO)[C@H](O)C(O)C2O)[C@H](O)C(O)C1O)OC(=O)CCCCCCCCCCCC. The van der Waals surface area contributed by atoms with Gasteiger partial charge in [-0.2, -0.15) is 0 Å². The quantitative estimate of drug-likeness (QED) is 0.0266. The van der Waals surface area contributed by atoms with Crippen LogP contribution in [-0.4, -0.2) is 142 Å². The molecule has 7 N–H and O–H groups in total. The number of aliphatic hydroxyl groups is 7. The third-order valence-electron chi connectivity index (χ3n) is 11.0. The molecule has 2 aliphatic rings. The van der Waals surface area contributed by atoms with Gasteiger partial charge in [-0.05, 0) is 38.5 Å². The molecular weight excluding hydrogens is 768 g/mol. The third-order valence-corrected chi connectivity index (χ3v) is 11.0. The van der Waals surface area contributed by atoms with Crippen LogP contribution in [0.3, 0.4) is 0 Å². The number of hydrogen-bond donors (Lipinski definition) is 7. The normalized spacial score (nSPS) is 27.9. The van der Waals surface area contributed by atoms with Crippen LogP contribution >= 0.6 is 0 Å². The molecule has 2 aliphatic heterocycles. The van der Waals surface area contributed by atoms with E-state index in [1.165, 1.54) is 77.0 Å². The summed E-state index contributed by atoms with van der Waals surface area (Å²) < 4.78 is 33.4. The van der Waals surface area contributed by atoms with E-state index in [4.69, 9.17) is 28.4 Å². The Kier molecular flexibility index (Phi) is 29.8. The summed E-state index contributed by atoms with van der Waals surface area (Å²) in [7, 11) is 0. The number of allylic oxidation sites excluding steroid dienone is 2. The molecule has 0 aromatic heterocycles. The highest BCUT2D eigenvalue weighted by Gasteiger charge is 2.47. The van der Waals surface area contributed by atoms with Crippen LogP contribution in [-0.2, 0) is 38.0 Å². The predicted octanol–water partition coefficient (Wildman–Crippen LogP) is 4.65. The first kappa shape index (κ1) is 53.4. The van der Waals surface area contributed by atoms with Gasteiger partial charge in [-0.1, -0.05) is 122 Å². The second kappa shape index (κ2) is 32.9. The predicted molar refractivity (Wildman–Crippen MR) is 220 cm³/mol. The number of carbonyl (C=O) groups excluding carboxylic acids is 2. The first-order valence-corrected chi connectivity index (χ1v) is 22.8. The van der Waals surface area contributed by atoms with Crippen molar-refractivity contribution in [2.75, 3.05) is 26.4 Å². The topological polar surface area (TPSA) is 231 Å². The van der Waals surface area contributed by atoms with E-state index in [2.05, 4.69) is 26.0 Å². The zero-order chi connectivity index (χ0) is 43.3. The fourth-order valence-electron chi connectivity index (χ4n) is 7.15. The second-order valence-corrected chi connectivity index (χ2v) is 16.2. The van der Waals surface area contributed by atoms with Crippen LogP contribution in [0.1, 0.15) is 162 Å². The van der Waals surface area contributed by atoms with E-state index in [-0.39, 0.29) is 26.1 Å². The monoisotopic (exact) mass is 849 g/mol. The molecule has 0 saturated carbocycles. The molecule has 2 saturated heterocycles. The van der Waals surface area contributed by atoms with Crippen molar-refractivity contribution in [1.82, 2.24) is 0 Å². The van der Waals surface area contributed by atoms with Crippen LogP contribution in [0.15, 0.2) is 12.2 Å². The van der Waals surface area contributed by atoms with E-state index >= 15 is 0 Å². The molecule has 2 rings (SSSR count). The van der Waals surface area contributed by atoms with Gasteiger partial charge in [-0.25, -0.2) is 0 Å². The van der Waals surface area contributed by atoms with Crippen molar-refractivity contribution in [1.29, 1.82) is 0 Å². The van der Waals surface area contributed by atoms with Gasteiger partial charge in [0.2, 0.25) is 0 Å². The van der Waals surface area contributed by atoms with Crippen molar-refractivity contribution < 1.29 is 73.8 Å². The zero-order valence-corrected chi connectivity index (χ0v) is 36.0. The van der Waals surface area contributed by atoms with Crippen LogP contribution in [0, 0.1) is 0 Å². The van der Waals surface area contributed by atoms with Crippen LogP contribution in [0.4, 0.5) is 0 Å². The highest BCUT2D eigenvalue weighted by atomic mass is 16.7. The van der Waals surface area contributed by atoms with E-state index in [0.717, 1.165) is 44.9 Å². The Balaban J connectivity index is 1.86. The molecule has 0 aromatic rings. The maximum absolute atomic E-state index is 12.9. The molecule has 0 spiro atoms. The minimum Gasteiger partial charge on any atom is -0.462 e. The number of hydrogen-bond acceptors (Lipinski definition) is 15. The van der Waals surface area contributed by atoms with E-state index in [9.17, 15) is 45.3 Å². The summed E-state index contributed by atoms with van der Waals surface area (Å²) >= 11 is 0. The first-order valence-electron chi connectivity index (χ1n) is 22.8. The Morgan fingerprint density at radius 2 is 0.966 bits per heavy atom. The number of ether oxygens (including phenoxy) is 6. The number of unbranched alkanes of at least 4 members (excludes halogenated alkanes) is 18. The van der Waals surface area contributed by atoms with Gasteiger partial charge in [0, 0.05) is 12.8 Å². The zero-order valence-electron chi connectivity index (χ0n) is 36.0. The molecule has 4 unspecified atom stereocenters. The molecule has 2 heterocycles. The largest absolute Gasteiger partial charge is 0.462 e. The van der Waals surface area contributed by atoms with Crippen LogP contribution < -0.4 is 0 Å². The lowest BCUT2D eigenvalue weighted by Gasteiger charge is -2.42. The molecule has 0 aromatic carbocycles. The van der Waals surface area contributed by atoms with Crippen LogP contribution in [0.25, 0.3) is 0 Å². The Bertz CT molecular complexity index is 1090. The molecule has 346 valence electrons. The van der Waals surface area contributed by atoms with Gasteiger partial charge in [0.1, 0.15) is 55.4 Å². The minimum absolute atomic E-state index is 0.166. The number of aliphatic hydroxyl groups excluding tert-OH is 7. The van der Waals surface area contributed by atoms with Crippen molar-refractivity contribution in [2.24, 2.45) is 0 Å². The summed E-state index contributed by atoms with van der Waals surface area (Å²) in [6.45, 7) is 2.53. The third kappa shape index (κ3) is 22.2. The Morgan fingerprint density at radius 3 is 1.51 bits per heavy atom. The molecule has 0 aliphatic carbocycles. The van der Waals surface area contributed by atoms with Crippen molar-refractivity contribution >= 4 is 11.9 Å². The van der Waals surface area contributed by atoms with Gasteiger partial charge in [0.05, 0.1) is 19.8 Å². The summed E-state index contributed by atoms with van der Waals surface area (Å²) in [5, 5.41) is 71.8. The number of esters is 2. The van der Waals surface area contributed by atoms with Crippen molar-refractivity contribution in [2.45, 2.75) is 229 Å².